The smallest absolute Gasteiger partial charge is 1.00 e. The molecule has 5 fully saturated rings. The van der Waals surface area contributed by atoms with Gasteiger partial charge in [-0.1, -0.05) is 115 Å². The summed E-state index contributed by atoms with van der Waals surface area (Å²) in [6.45, 7) is 17.0. The molecule has 3 heteroatoms. The predicted molar refractivity (Wildman–Crippen MR) is 185 cm³/mol. The van der Waals surface area contributed by atoms with Crippen LogP contribution in [0.15, 0.2) is 59.2 Å². The summed E-state index contributed by atoms with van der Waals surface area (Å²) in [6, 6.07) is 15.3. The fourth-order valence-electron chi connectivity index (χ4n) is 13.0. The van der Waals surface area contributed by atoms with Crippen molar-refractivity contribution >= 4 is 0 Å². The Morgan fingerprint density at radius 3 is 1.66 bits per heavy atom. The van der Waals surface area contributed by atoms with Gasteiger partial charge in [0.05, 0.1) is 0 Å². The van der Waals surface area contributed by atoms with Crippen LogP contribution in [0.25, 0.3) is 11.1 Å². The van der Waals surface area contributed by atoms with Gasteiger partial charge in [-0.3, -0.25) is 0 Å². The van der Waals surface area contributed by atoms with E-state index in [0.717, 1.165) is 29.6 Å². The summed E-state index contributed by atoms with van der Waals surface area (Å²) in [6.07, 6.45) is 19.1. The van der Waals surface area contributed by atoms with E-state index in [1.807, 2.05) is 16.7 Å². The van der Waals surface area contributed by atoms with Crippen LogP contribution in [0.1, 0.15) is 147 Å². The molecule has 8 aliphatic rings. The van der Waals surface area contributed by atoms with Crippen molar-refractivity contribution in [3.8, 4) is 11.1 Å². The number of fused-ring (bicyclic) bond motifs is 5. The molecule has 0 heterocycles. The first-order chi connectivity index (χ1) is 20.8. The van der Waals surface area contributed by atoms with E-state index >= 15 is 0 Å². The third kappa shape index (κ3) is 5.26. The quantitative estimate of drug-likeness (QED) is 0.351. The zero-order valence-electron chi connectivity index (χ0n) is 30.0. The van der Waals surface area contributed by atoms with Crippen LogP contribution in [0.3, 0.4) is 0 Å². The van der Waals surface area contributed by atoms with Crippen molar-refractivity contribution in [1.29, 1.82) is 0 Å². The van der Waals surface area contributed by atoms with E-state index in [1.165, 1.54) is 73.6 Å². The van der Waals surface area contributed by atoms with Crippen LogP contribution in [0.2, 0.25) is 0 Å². The minimum absolute atomic E-state index is 0. The Hall–Kier alpha value is -0.617. The van der Waals surface area contributed by atoms with Crippen molar-refractivity contribution in [1.82, 2.24) is 0 Å². The summed E-state index contributed by atoms with van der Waals surface area (Å²) in [5, 5.41) is 0. The molecule has 47 heavy (non-hydrogen) atoms. The Bertz CT molecular complexity index is 1530. The van der Waals surface area contributed by atoms with Gasteiger partial charge in [0.15, 0.2) is 0 Å². The minimum atomic E-state index is 0. The molecule has 2 aromatic carbocycles. The Morgan fingerprint density at radius 2 is 1.17 bits per heavy atom. The van der Waals surface area contributed by atoms with Crippen LogP contribution in [0, 0.1) is 40.4 Å². The average Bonchev–Trinajstić information content (AvgIpc) is 3.62. The van der Waals surface area contributed by atoms with Crippen molar-refractivity contribution in [2.45, 2.75) is 136 Å². The van der Waals surface area contributed by atoms with Gasteiger partial charge in [-0.15, -0.1) is 0 Å². The molecule has 0 aromatic heterocycles. The van der Waals surface area contributed by atoms with Gasteiger partial charge in [0.2, 0.25) is 0 Å². The monoisotopic (exact) mass is 744 g/mol. The summed E-state index contributed by atoms with van der Waals surface area (Å²) in [4.78, 5) is 0. The molecule has 0 spiro atoms. The summed E-state index contributed by atoms with van der Waals surface area (Å²) < 4.78 is 0. The van der Waals surface area contributed by atoms with Gasteiger partial charge in [-0.25, -0.2) is 0 Å². The number of benzene rings is 2. The molecule has 2 aromatic rings. The Labute approximate surface area is 317 Å². The first-order valence-electron chi connectivity index (χ1n) is 18.6. The maximum atomic E-state index is 2.91. The molecule has 0 saturated heterocycles. The Morgan fingerprint density at radius 1 is 0.681 bits per heavy atom. The van der Waals surface area contributed by atoms with E-state index in [0.29, 0.717) is 11.3 Å². The summed E-state index contributed by atoms with van der Waals surface area (Å²) in [5.74, 6) is 5.11. The van der Waals surface area contributed by atoms with Crippen molar-refractivity contribution in [3.05, 3.63) is 81.4 Å². The predicted octanol–water partition coefficient (Wildman–Crippen LogP) is 6.07. The first kappa shape index (κ1) is 36.2. The van der Waals surface area contributed by atoms with Crippen LogP contribution < -0.4 is 24.8 Å². The minimum Gasteiger partial charge on any atom is -1.00 e. The van der Waals surface area contributed by atoms with Crippen molar-refractivity contribution in [2.24, 2.45) is 40.4 Å². The average molecular weight is 747 g/mol. The molecule has 250 valence electrons. The molecule has 0 N–H and O–H groups in total. The first-order valence-corrected chi connectivity index (χ1v) is 18.6. The molecule has 3 atom stereocenters. The number of halogens is 2. The second-order valence-electron chi connectivity index (χ2n) is 19.3. The van der Waals surface area contributed by atoms with Gasteiger partial charge >= 0.3 is 26.2 Å². The summed E-state index contributed by atoms with van der Waals surface area (Å²) in [7, 11) is 0. The van der Waals surface area contributed by atoms with E-state index in [4.69, 9.17) is 0 Å². The number of rotatable bonds is 2. The molecular formula is C44H56Cl2Zr. The molecule has 8 aliphatic carbocycles. The van der Waals surface area contributed by atoms with Crippen molar-refractivity contribution < 1.29 is 51.0 Å². The second-order valence-corrected chi connectivity index (χ2v) is 19.3. The summed E-state index contributed by atoms with van der Waals surface area (Å²) >= 11 is 0. The standard InChI is InChI=1S/C44H56.2ClH.Zr/c1-41(2,3)29-12-14-33-35(19-29)36-20-30(42(4,5)6)13-15-34(36)40(33)43(7)38-11-9-8-10-32(38)37-21-31(22-39(37)43)44-23-26-16-27(24-44)18-28(17-26)25-44;;;/h12-15,19-20,22,26-28,32,38,40H,8-11,16-18,21,23-25H2,1-7H3;2*1H;/q;;;+2/p-2. The van der Waals surface area contributed by atoms with Crippen LogP contribution >= 0.6 is 0 Å². The van der Waals surface area contributed by atoms with Crippen LogP contribution in [-0.2, 0) is 37.0 Å². The largest absolute Gasteiger partial charge is 2.00 e. The van der Waals surface area contributed by atoms with Gasteiger partial charge < -0.3 is 24.8 Å². The maximum absolute atomic E-state index is 2.91. The van der Waals surface area contributed by atoms with Gasteiger partial charge in [0.1, 0.15) is 0 Å². The molecule has 5 saturated carbocycles. The topological polar surface area (TPSA) is 0 Å². The Balaban J connectivity index is 0.00000129. The molecule has 0 radical (unpaired) electrons. The molecule has 0 amide bonds. The molecular weight excluding hydrogens is 691 g/mol. The van der Waals surface area contributed by atoms with Crippen molar-refractivity contribution in [3.63, 3.8) is 0 Å². The van der Waals surface area contributed by atoms with Crippen LogP contribution in [0.4, 0.5) is 0 Å². The van der Waals surface area contributed by atoms with E-state index in [-0.39, 0.29) is 67.3 Å². The molecule has 10 rings (SSSR count). The number of hydrogen-bond acceptors (Lipinski definition) is 0. The van der Waals surface area contributed by atoms with Gasteiger partial charge in [-0.05, 0) is 143 Å². The third-order valence-electron chi connectivity index (χ3n) is 14.7. The fraction of sp³-hybridized carbons (Fsp3) is 0.636. The normalized spacial score (nSPS) is 34.9. The van der Waals surface area contributed by atoms with Crippen LogP contribution in [-0.4, -0.2) is 0 Å². The Kier molecular flexibility index (Phi) is 9.22. The molecule has 3 unspecified atom stereocenters. The maximum Gasteiger partial charge on any atom is 2.00 e. The van der Waals surface area contributed by atoms with E-state index in [1.54, 1.807) is 30.4 Å². The SMILES string of the molecule is CC(C)(C)c1ccc2c(c1)-c1cc(C(C)(C)C)ccc1C2C1(C)C2=C(CC(C34CC5CC(CC(C5)C3)C4)=C2)C2CCCCC21.[Cl-].[Cl-].[Zr+2]. The zero-order valence-corrected chi connectivity index (χ0v) is 34.0. The number of allylic oxidation sites excluding steroid dienone is 4. The third-order valence-corrected chi connectivity index (χ3v) is 14.7. The van der Waals surface area contributed by atoms with E-state index in [2.05, 4.69) is 90.9 Å². The van der Waals surface area contributed by atoms with Gasteiger partial charge in [-0.2, -0.15) is 0 Å². The van der Waals surface area contributed by atoms with Gasteiger partial charge in [0.25, 0.3) is 0 Å². The zero-order chi connectivity index (χ0) is 30.4. The van der Waals surface area contributed by atoms with Crippen LogP contribution in [0.5, 0.6) is 0 Å². The molecule has 4 bridgehead atoms. The molecule has 0 nitrogen and oxygen atoms in total. The second kappa shape index (κ2) is 12.0. The van der Waals surface area contributed by atoms with Crippen molar-refractivity contribution in [2.75, 3.05) is 0 Å². The summed E-state index contributed by atoms with van der Waals surface area (Å²) in [5.41, 5.74) is 15.9. The number of hydrogen-bond donors (Lipinski definition) is 0. The van der Waals surface area contributed by atoms with Gasteiger partial charge in [0, 0.05) is 11.3 Å². The fourth-order valence-corrected chi connectivity index (χ4v) is 13.0. The van der Waals surface area contributed by atoms with E-state index in [9.17, 15) is 0 Å². The van der Waals surface area contributed by atoms with E-state index < -0.39 is 0 Å². The molecule has 0 aliphatic heterocycles.